The first-order valence-corrected chi connectivity index (χ1v) is 24.1. The first kappa shape index (κ1) is 56.1. The van der Waals surface area contributed by atoms with Gasteiger partial charge in [-0.2, -0.15) is 11.8 Å². The Balaban J connectivity index is 1.39. The van der Waals surface area contributed by atoms with Crippen molar-refractivity contribution in [3.05, 3.63) is 46.5 Å². The maximum absolute atomic E-state index is 14.3. The summed E-state index contributed by atoms with van der Waals surface area (Å²) in [6, 6.07) is 2.56. The molecule has 68 heavy (non-hydrogen) atoms. The number of hydrogen-bond acceptors (Lipinski definition) is 16. The van der Waals surface area contributed by atoms with Gasteiger partial charge in [0.05, 0.1) is 51.4 Å². The number of benzene rings is 1. The molecule has 1 aromatic carbocycles. The van der Waals surface area contributed by atoms with Gasteiger partial charge in [-0.25, -0.2) is 15.5 Å². The van der Waals surface area contributed by atoms with Crippen molar-refractivity contribution >= 4 is 64.7 Å². The number of hydrogen-bond donors (Lipinski definition) is 5. The van der Waals surface area contributed by atoms with E-state index in [1.165, 1.54) is 42.8 Å². The van der Waals surface area contributed by atoms with E-state index in [9.17, 15) is 33.9 Å². The van der Waals surface area contributed by atoms with Crippen LogP contribution in [0.4, 0.5) is 10.5 Å². The molecule has 20 nitrogen and oxygen atoms in total. The molecule has 4 rings (SSSR count). The summed E-state index contributed by atoms with van der Waals surface area (Å²) in [5.74, 6) is 3.02. The molecule has 8 atom stereocenters. The molecule has 2 aliphatic heterocycles. The maximum Gasteiger partial charge on any atom is 0.409 e. The number of allylic oxidation sites excluding steroid dienone is 3. The summed E-state index contributed by atoms with van der Waals surface area (Å²) in [6.07, 6.45) is 2.53. The number of thioether (sulfide) groups is 1. The Morgan fingerprint density at radius 1 is 1.09 bits per heavy atom. The Hall–Kier alpha value is -4.48. The molecule has 380 valence electrons. The molecule has 1 saturated heterocycles. The van der Waals surface area contributed by atoms with E-state index < -0.39 is 53.5 Å². The molecule has 0 spiro atoms. The minimum Gasteiger partial charge on any atom is -0.495 e. The molecular formula is C46H69ClN6O14S. The number of amides is 5. The lowest BCUT2D eigenvalue weighted by atomic mass is 9.83. The number of fused-ring (bicyclic) bond motifs is 5. The molecule has 22 heteroatoms. The van der Waals surface area contributed by atoms with Crippen LogP contribution in [0.3, 0.4) is 0 Å². The summed E-state index contributed by atoms with van der Waals surface area (Å²) < 4.78 is 34.1. The number of methoxy groups -OCH3 is 2. The van der Waals surface area contributed by atoms with Crippen LogP contribution in [0.1, 0.15) is 58.9 Å². The van der Waals surface area contributed by atoms with Gasteiger partial charge in [0.2, 0.25) is 23.6 Å². The summed E-state index contributed by atoms with van der Waals surface area (Å²) in [5.41, 5.74) is -0.473. The zero-order chi connectivity index (χ0) is 50.2. The van der Waals surface area contributed by atoms with Gasteiger partial charge >= 0.3 is 12.1 Å². The van der Waals surface area contributed by atoms with Crippen molar-refractivity contribution in [2.75, 3.05) is 90.8 Å². The third kappa shape index (κ3) is 15.8. The van der Waals surface area contributed by atoms with Gasteiger partial charge in [0, 0.05) is 58.3 Å². The van der Waals surface area contributed by atoms with Gasteiger partial charge in [0.25, 0.3) is 0 Å². The number of rotatable bonds is 21. The van der Waals surface area contributed by atoms with Crippen LogP contribution in [0.2, 0.25) is 5.02 Å². The molecule has 1 aromatic rings. The van der Waals surface area contributed by atoms with Crippen molar-refractivity contribution in [3.63, 3.8) is 0 Å². The molecule has 2 heterocycles. The van der Waals surface area contributed by atoms with Crippen molar-refractivity contribution in [1.29, 1.82) is 0 Å². The highest BCUT2D eigenvalue weighted by Crippen LogP contribution is 2.61. The van der Waals surface area contributed by atoms with Crippen LogP contribution in [0.15, 0.2) is 35.9 Å². The number of alkyl carbamates (subject to hydrolysis) is 1. The summed E-state index contributed by atoms with van der Waals surface area (Å²) in [6.45, 7) is 8.81. The lowest BCUT2D eigenvalue weighted by Gasteiger charge is -2.42. The second kappa shape index (κ2) is 26.5. The minimum absolute atomic E-state index is 0.00760. The predicted octanol–water partition coefficient (Wildman–Crippen LogP) is 2.66. The molecule has 1 saturated carbocycles. The van der Waals surface area contributed by atoms with E-state index in [0.717, 1.165) is 11.1 Å². The van der Waals surface area contributed by atoms with E-state index in [1.54, 1.807) is 38.3 Å². The maximum atomic E-state index is 14.3. The van der Waals surface area contributed by atoms with Crippen molar-refractivity contribution < 1.29 is 67.1 Å². The Labute approximate surface area is 407 Å². The zero-order valence-corrected chi connectivity index (χ0v) is 41.8. The van der Waals surface area contributed by atoms with E-state index in [2.05, 4.69) is 20.8 Å². The zero-order valence-electron chi connectivity index (χ0n) is 40.3. The SMILES string of the molecule is COc1cc2cc(c1Cl)N(C)C(=O)CC(OC(=O)C(C)N(C)C(=O)CCSCC(=O)NCCOCCOCCNC(=O)CON)C1(C)CC1C(C)C1CC(O)(NC(=O)O1)C(OC)C=CC=C(C)C2. The molecule has 5 amide bonds. The normalized spacial score (nSPS) is 25.5. The van der Waals surface area contributed by atoms with Gasteiger partial charge in [0.15, 0.2) is 5.72 Å². The van der Waals surface area contributed by atoms with E-state index in [0.29, 0.717) is 56.4 Å². The second-order valence-electron chi connectivity index (χ2n) is 17.5. The summed E-state index contributed by atoms with van der Waals surface area (Å²) in [7, 11) is 6.02. The van der Waals surface area contributed by atoms with Crippen LogP contribution >= 0.6 is 23.4 Å². The third-order valence-corrected chi connectivity index (χ3v) is 14.0. The number of ether oxygens (including phenoxy) is 6. The van der Waals surface area contributed by atoms with Gasteiger partial charge < -0.3 is 54.0 Å². The average molecular weight is 998 g/mol. The number of carbonyl (C=O) groups excluding carboxylic acids is 6. The second-order valence-corrected chi connectivity index (χ2v) is 19.0. The highest BCUT2D eigenvalue weighted by molar-refractivity contribution is 7.99. The number of halogens is 1. The fourth-order valence-corrected chi connectivity index (χ4v) is 9.36. The predicted molar refractivity (Wildman–Crippen MR) is 254 cm³/mol. The molecule has 8 unspecified atom stereocenters. The fraction of sp³-hybridized carbons (Fsp3) is 0.652. The number of nitrogens with zero attached hydrogens (tertiary/aromatic N) is 2. The van der Waals surface area contributed by atoms with Crippen molar-refractivity contribution in [1.82, 2.24) is 20.9 Å². The van der Waals surface area contributed by atoms with Gasteiger partial charge in [-0.3, -0.25) is 29.3 Å². The number of nitrogens with one attached hydrogen (secondary N) is 3. The van der Waals surface area contributed by atoms with Crippen molar-refractivity contribution in [2.24, 2.45) is 23.1 Å². The molecule has 2 fully saturated rings. The lowest BCUT2D eigenvalue weighted by molar-refractivity contribution is -0.163. The molecule has 0 aromatic heterocycles. The first-order valence-electron chi connectivity index (χ1n) is 22.5. The number of nitrogens with two attached hydrogens (primary N) is 1. The number of aliphatic hydroxyl groups is 1. The fourth-order valence-electron chi connectivity index (χ4n) is 8.30. The standard InChI is InChI=1S/C46H69ClN6O14S/c1-28-10-9-11-36(62-8)46(60)25-35(66-44(59)51-46)29(2)32-24-45(32,4)37(23-41(57)53(6)33-21-31(20-28)22-34(61-7)42(33)47)67-43(58)30(3)52(5)40(56)12-19-68-27-39(55)50-14-16-64-18-17-63-15-13-49-38(54)26-65-48/h9-11,21-22,29-30,32,35-37,60H,12-20,23-27,48H2,1-8H3,(H,49,54)(H,50,55)(H,51,59). The van der Waals surface area contributed by atoms with Gasteiger partial charge in [-0.15, -0.1) is 0 Å². The summed E-state index contributed by atoms with van der Waals surface area (Å²) >= 11 is 8.08. The smallest absolute Gasteiger partial charge is 0.409 e. The van der Waals surface area contributed by atoms with E-state index in [1.807, 2.05) is 26.8 Å². The molecule has 4 bridgehead atoms. The highest BCUT2D eigenvalue weighted by atomic mass is 35.5. The van der Waals surface area contributed by atoms with Crippen molar-refractivity contribution in [2.45, 2.75) is 89.9 Å². The van der Waals surface area contributed by atoms with Crippen LogP contribution in [0.25, 0.3) is 0 Å². The van der Waals surface area contributed by atoms with E-state index >= 15 is 0 Å². The summed E-state index contributed by atoms with van der Waals surface area (Å²) in [5, 5.41) is 19.9. The summed E-state index contributed by atoms with van der Waals surface area (Å²) in [4.78, 5) is 85.2. The molecule has 0 radical (unpaired) electrons. The van der Waals surface area contributed by atoms with E-state index in [4.69, 9.17) is 45.9 Å². The Morgan fingerprint density at radius 2 is 1.76 bits per heavy atom. The number of anilines is 1. The quantitative estimate of drug-likeness (QED) is 0.0674. The van der Waals surface area contributed by atoms with Crippen molar-refractivity contribution in [3.8, 4) is 5.75 Å². The molecular weight excluding hydrogens is 928 g/mol. The van der Waals surface area contributed by atoms with Gasteiger partial charge in [-0.1, -0.05) is 49.2 Å². The van der Waals surface area contributed by atoms with E-state index in [-0.39, 0.29) is 79.4 Å². The van der Waals surface area contributed by atoms with Crippen LogP contribution in [0, 0.1) is 17.3 Å². The lowest BCUT2D eigenvalue weighted by Crippen LogP contribution is -2.63. The molecule has 1 aliphatic carbocycles. The van der Waals surface area contributed by atoms with Crippen LogP contribution in [-0.2, 0) is 58.9 Å². The molecule has 3 aliphatic rings. The Morgan fingerprint density at radius 3 is 2.41 bits per heavy atom. The van der Waals surface area contributed by atoms with Crippen LogP contribution in [0.5, 0.6) is 5.75 Å². The van der Waals surface area contributed by atoms with Crippen LogP contribution in [-0.4, -0.2) is 162 Å². The topological polar surface area (TPSA) is 256 Å². The third-order valence-electron chi connectivity index (χ3n) is 12.7. The van der Waals surface area contributed by atoms with Gasteiger partial charge in [-0.05, 0) is 56.2 Å². The van der Waals surface area contributed by atoms with Crippen LogP contribution < -0.4 is 31.5 Å². The largest absolute Gasteiger partial charge is 0.495 e. The first-order chi connectivity index (χ1) is 32.3. The highest BCUT2D eigenvalue weighted by Gasteiger charge is 2.62. The number of likely N-dealkylation sites (N-methyl/N-ethyl adjacent to an activating group) is 1. The molecule has 6 N–H and O–H groups in total. The Kier molecular flexibility index (Phi) is 21.9. The van der Waals surface area contributed by atoms with Gasteiger partial charge in [0.1, 0.15) is 41.7 Å². The average Bonchev–Trinajstić information content (AvgIpc) is 4.00. The number of esters is 1. The monoisotopic (exact) mass is 996 g/mol. The Bertz CT molecular complexity index is 2000. The minimum atomic E-state index is -1.81. The number of carbonyl (C=O) groups is 6.